The molecular weight excluding hydrogens is 327 g/mol. The fourth-order valence-corrected chi connectivity index (χ4v) is 3.43. The van der Waals surface area contributed by atoms with Crippen LogP contribution >= 0.6 is 22.6 Å². The number of alkyl halides is 1. The minimum atomic E-state index is -0.0628. The highest BCUT2D eigenvalue weighted by atomic mass is 127. The first kappa shape index (κ1) is 15.7. The van der Waals surface area contributed by atoms with E-state index in [0.29, 0.717) is 0 Å². The van der Waals surface area contributed by atoms with Crippen LogP contribution in [0.3, 0.4) is 0 Å². The lowest BCUT2D eigenvalue weighted by molar-refractivity contribution is -0.0853. The lowest BCUT2D eigenvalue weighted by Crippen LogP contribution is -2.40. The van der Waals surface area contributed by atoms with Crippen molar-refractivity contribution in [3.05, 3.63) is 0 Å². The highest BCUT2D eigenvalue weighted by molar-refractivity contribution is 14.1. The Hall–Kier alpha value is 0.650. The van der Waals surface area contributed by atoms with Crippen LogP contribution in [0.25, 0.3) is 0 Å². The van der Waals surface area contributed by atoms with Crippen molar-refractivity contribution in [1.82, 2.24) is 0 Å². The van der Waals surface area contributed by atoms with Gasteiger partial charge >= 0.3 is 0 Å². The molecule has 0 N–H and O–H groups in total. The second kappa shape index (κ2) is 6.71. The Kier molecular flexibility index (Phi) is 6.20. The van der Waals surface area contributed by atoms with E-state index in [1.807, 2.05) is 0 Å². The molecule has 1 saturated carbocycles. The smallest absolute Gasteiger partial charge is 0.0774 e. The van der Waals surface area contributed by atoms with Gasteiger partial charge in [-0.3, -0.25) is 0 Å². The molecule has 2 nitrogen and oxygen atoms in total. The van der Waals surface area contributed by atoms with Gasteiger partial charge in [-0.25, -0.2) is 0 Å². The fourth-order valence-electron chi connectivity index (χ4n) is 2.52. The van der Waals surface area contributed by atoms with Crippen LogP contribution in [-0.4, -0.2) is 29.3 Å². The van der Waals surface area contributed by atoms with E-state index in [4.69, 9.17) is 9.47 Å². The van der Waals surface area contributed by atoms with Crippen molar-refractivity contribution in [2.75, 3.05) is 18.1 Å². The van der Waals surface area contributed by atoms with Crippen molar-refractivity contribution in [2.45, 2.75) is 64.1 Å². The molecular formula is C14H27IO2. The molecule has 0 amide bonds. The second-order valence-corrected chi connectivity index (χ2v) is 6.84. The molecule has 0 aromatic rings. The zero-order valence-electron chi connectivity index (χ0n) is 11.7. The van der Waals surface area contributed by atoms with Crippen molar-refractivity contribution in [2.24, 2.45) is 5.92 Å². The standard InChI is InChI=1S/C14H27IO2/c1-12-6-5-7-14(10-12,11-15)17-9-8-13(2,3)16-4/h12H,5-11H2,1-4H3. The Morgan fingerprint density at radius 1 is 1.41 bits per heavy atom. The van der Waals surface area contributed by atoms with Crippen molar-refractivity contribution in [3.8, 4) is 0 Å². The Morgan fingerprint density at radius 3 is 2.65 bits per heavy atom. The maximum atomic E-state index is 6.24. The van der Waals surface area contributed by atoms with Crippen LogP contribution in [0, 0.1) is 5.92 Å². The molecule has 2 unspecified atom stereocenters. The van der Waals surface area contributed by atoms with Crippen LogP contribution in [0.1, 0.15) is 52.9 Å². The molecule has 0 spiro atoms. The van der Waals surface area contributed by atoms with Gasteiger partial charge in [0, 0.05) is 11.5 Å². The topological polar surface area (TPSA) is 18.5 Å². The summed E-state index contributed by atoms with van der Waals surface area (Å²) in [5, 5.41) is 0. The summed E-state index contributed by atoms with van der Waals surface area (Å²) in [7, 11) is 1.77. The lowest BCUT2D eigenvalue weighted by atomic mass is 9.80. The largest absolute Gasteiger partial charge is 0.379 e. The average molecular weight is 354 g/mol. The average Bonchev–Trinajstić information content (AvgIpc) is 2.29. The zero-order chi connectivity index (χ0) is 12.9. The highest BCUT2D eigenvalue weighted by Gasteiger charge is 2.35. The second-order valence-electron chi connectivity index (χ2n) is 6.08. The van der Waals surface area contributed by atoms with Gasteiger partial charge < -0.3 is 9.47 Å². The van der Waals surface area contributed by atoms with E-state index in [2.05, 4.69) is 43.4 Å². The molecule has 102 valence electrons. The van der Waals surface area contributed by atoms with Crippen molar-refractivity contribution in [1.29, 1.82) is 0 Å². The van der Waals surface area contributed by atoms with Crippen LogP contribution in [-0.2, 0) is 9.47 Å². The van der Waals surface area contributed by atoms with Crippen LogP contribution in [0.2, 0.25) is 0 Å². The van der Waals surface area contributed by atoms with Crippen LogP contribution in [0.5, 0.6) is 0 Å². The summed E-state index contributed by atoms with van der Waals surface area (Å²) in [6.45, 7) is 7.41. The fraction of sp³-hybridized carbons (Fsp3) is 1.00. The minimum Gasteiger partial charge on any atom is -0.379 e. The Balaban J connectivity index is 2.41. The molecule has 1 aliphatic carbocycles. The molecule has 0 saturated heterocycles. The van der Waals surface area contributed by atoms with Crippen LogP contribution < -0.4 is 0 Å². The molecule has 1 rings (SSSR count). The van der Waals surface area contributed by atoms with Gasteiger partial charge in [-0.05, 0) is 39.0 Å². The van der Waals surface area contributed by atoms with E-state index >= 15 is 0 Å². The third-order valence-corrected chi connectivity index (χ3v) is 5.35. The molecule has 0 bridgehead atoms. The molecule has 0 heterocycles. The maximum Gasteiger partial charge on any atom is 0.0774 e. The summed E-state index contributed by atoms with van der Waals surface area (Å²) >= 11 is 2.48. The van der Waals surface area contributed by atoms with Crippen molar-refractivity contribution >= 4 is 22.6 Å². The van der Waals surface area contributed by atoms with Crippen molar-refractivity contribution < 1.29 is 9.47 Å². The molecule has 0 radical (unpaired) electrons. The quantitative estimate of drug-likeness (QED) is 0.526. The van der Waals surface area contributed by atoms with Crippen LogP contribution in [0.15, 0.2) is 0 Å². The van der Waals surface area contributed by atoms with Gasteiger partial charge in [0.25, 0.3) is 0 Å². The molecule has 1 aliphatic rings. The van der Waals surface area contributed by atoms with E-state index < -0.39 is 0 Å². The maximum absolute atomic E-state index is 6.24. The van der Waals surface area contributed by atoms with E-state index in [1.54, 1.807) is 7.11 Å². The first-order chi connectivity index (χ1) is 7.93. The number of methoxy groups -OCH3 is 1. The van der Waals surface area contributed by atoms with Crippen molar-refractivity contribution in [3.63, 3.8) is 0 Å². The monoisotopic (exact) mass is 354 g/mol. The first-order valence-electron chi connectivity index (χ1n) is 6.68. The van der Waals surface area contributed by atoms with E-state index in [1.165, 1.54) is 25.7 Å². The third-order valence-electron chi connectivity index (χ3n) is 3.96. The number of hydrogen-bond donors (Lipinski definition) is 0. The van der Waals surface area contributed by atoms with Gasteiger partial charge in [0.05, 0.1) is 17.8 Å². The summed E-state index contributed by atoms with van der Waals surface area (Å²) in [5.41, 5.74) is 0.0782. The van der Waals surface area contributed by atoms with Gasteiger partial charge in [0.1, 0.15) is 0 Å². The van der Waals surface area contributed by atoms with E-state index in [9.17, 15) is 0 Å². The van der Waals surface area contributed by atoms with Crippen LogP contribution in [0.4, 0.5) is 0 Å². The number of ether oxygens (including phenoxy) is 2. The number of rotatable bonds is 6. The van der Waals surface area contributed by atoms with E-state index in [-0.39, 0.29) is 11.2 Å². The molecule has 1 fully saturated rings. The summed E-state index contributed by atoms with van der Waals surface area (Å²) in [6.07, 6.45) is 6.11. The zero-order valence-corrected chi connectivity index (χ0v) is 13.9. The van der Waals surface area contributed by atoms with E-state index in [0.717, 1.165) is 23.4 Å². The SMILES string of the molecule is COC(C)(C)CCOC1(CI)CCCC(C)C1. The highest BCUT2D eigenvalue weighted by Crippen LogP contribution is 2.37. The third kappa shape index (κ3) is 5.03. The molecule has 0 aromatic carbocycles. The summed E-state index contributed by atoms with van der Waals surface area (Å²) < 4.78 is 12.8. The Labute approximate surface area is 120 Å². The normalized spacial score (nSPS) is 30.5. The minimum absolute atomic E-state index is 0.0628. The van der Waals surface area contributed by atoms with Gasteiger partial charge in [-0.1, -0.05) is 42.4 Å². The Bertz CT molecular complexity index is 230. The summed E-state index contributed by atoms with van der Waals surface area (Å²) in [6, 6.07) is 0. The van der Waals surface area contributed by atoms with Gasteiger partial charge in [-0.15, -0.1) is 0 Å². The molecule has 0 aromatic heterocycles. The number of halogens is 1. The van der Waals surface area contributed by atoms with Gasteiger partial charge in [-0.2, -0.15) is 0 Å². The summed E-state index contributed by atoms with van der Waals surface area (Å²) in [5.74, 6) is 0.814. The predicted molar refractivity (Wildman–Crippen MR) is 80.9 cm³/mol. The molecule has 0 aliphatic heterocycles. The Morgan fingerprint density at radius 2 is 2.12 bits per heavy atom. The summed E-state index contributed by atoms with van der Waals surface area (Å²) in [4.78, 5) is 0. The molecule has 3 heteroatoms. The first-order valence-corrected chi connectivity index (χ1v) is 8.21. The predicted octanol–water partition coefficient (Wildman–Crippen LogP) is 4.20. The molecule has 2 atom stereocenters. The van der Waals surface area contributed by atoms with Gasteiger partial charge in [0.2, 0.25) is 0 Å². The molecule has 17 heavy (non-hydrogen) atoms. The lowest BCUT2D eigenvalue weighted by Gasteiger charge is -2.39. The van der Waals surface area contributed by atoms with Gasteiger partial charge in [0.15, 0.2) is 0 Å². The number of hydrogen-bond acceptors (Lipinski definition) is 2.